The lowest BCUT2D eigenvalue weighted by Crippen LogP contribution is -2.21. The summed E-state index contributed by atoms with van der Waals surface area (Å²) in [5, 5.41) is 10.6. The second-order valence-electron chi connectivity index (χ2n) is 3.68. The Bertz CT molecular complexity index is 630. The van der Waals surface area contributed by atoms with Crippen molar-refractivity contribution in [2.75, 3.05) is 0 Å². The van der Waals surface area contributed by atoms with Gasteiger partial charge in [-0.2, -0.15) is 18.3 Å². The number of alkyl halides is 3. The summed E-state index contributed by atoms with van der Waals surface area (Å²) < 4.78 is 52.9. The van der Waals surface area contributed by atoms with E-state index in [4.69, 9.17) is 11.1 Å². The van der Waals surface area contributed by atoms with E-state index in [0.717, 1.165) is 18.3 Å². The minimum atomic E-state index is -4.81. The highest BCUT2D eigenvalue weighted by Crippen LogP contribution is 2.33. The van der Waals surface area contributed by atoms with Crippen LogP contribution in [0.2, 0.25) is 0 Å². The van der Waals surface area contributed by atoms with Gasteiger partial charge in [-0.15, -0.1) is 0 Å². The predicted molar refractivity (Wildman–Crippen MR) is 59.5 cm³/mol. The zero-order valence-electron chi connectivity index (χ0n) is 9.37. The van der Waals surface area contributed by atoms with E-state index in [2.05, 4.69) is 5.10 Å². The molecule has 0 saturated heterocycles. The molecule has 2 aromatic rings. The van der Waals surface area contributed by atoms with E-state index in [-0.39, 0.29) is 5.69 Å². The van der Waals surface area contributed by atoms with Crippen molar-refractivity contribution in [1.82, 2.24) is 9.78 Å². The van der Waals surface area contributed by atoms with Crippen LogP contribution in [-0.4, -0.2) is 15.6 Å². The van der Waals surface area contributed by atoms with E-state index in [9.17, 15) is 17.6 Å². The summed E-state index contributed by atoms with van der Waals surface area (Å²) in [7, 11) is 0. The molecule has 1 aromatic heterocycles. The van der Waals surface area contributed by atoms with E-state index >= 15 is 0 Å². The van der Waals surface area contributed by atoms with Crippen LogP contribution in [0.15, 0.2) is 30.5 Å². The number of halogens is 4. The highest BCUT2D eigenvalue weighted by Gasteiger charge is 2.39. The molecule has 0 spiro atoms. The molecule has 0 aliphatic heterocycles. The minimum Gasteiger partial charge on any atom is -0.384 e. The van der Waals surface area contributed by atoms with Gasteiger partial charge in [0.15, 0.2) is 5.69 Å². The largest absolute Gasteiger partial charge is 0.434 e. The average molecular weight is 272 g/mol. The molecule has 8 heteroatoms. The number of aromatic nitrogens is 2. The van der Waals surface area contributed by atoms with E-state index in [0.29, 0.717) is 4.68 Å². The maximum Gasteiger partial charge on any atom is 0.434 e. The number of nitrogens with zero attached hydrogens (tertiary/aromatic N) is 2. The molecule has 1 heterocycles. The molecule has 0 atom stereocenters. The zero-order valence-corrected chi connectivity index (χ0v) is 9.37. The predicted octanol–water partition coefficient (Wildman–Crippen LogP) is 2.31. The van der Waals surface area contributed by atoms with Crippen molar-refractivity contribution in [2.45, 2.75) is 6.18 Å². The van der Waals surface area contributed by atoms with Crippen LogP contribution in [0, 0.1) is 11.2 Å². The van der Waals surface area contributed by atoms with Crippen LogP contribution in [0.5, 0.6) is 0 Å². The zero-order chi connectivity index (χ0) is 14.2. The first-order valence-corrected chi connectivity index (χ1v) is 5.07. The first-order chi connectivity index (χ1) is 8.82. The molecule has 19 heavy (non-hydrogen) atoms. The fourth-order valence-electron chi connectivity index (χ4n) is 1.62. The van der Waals surface area contributed by atoms with Crippen molar-refractivity contribution in [3.8, 4) is 5.69 Å². The number of amidine groups is 1. The van der Waals surface area contributed by atoms with Gasteiger partial charge >= 0.3 is 6.18 Å². The van der Waals surface area contributed by atoms with Crippen molar-refractivity contribution >= 4 is 5.84 Å². The third-order valence-corrected chi connectivity index (χ3v) is 2.41. The lowest BCUT2D eigenvalue weighted by Gasteiger charge is -2.12. The Hall–Kier alpha value is -2.38. The second kappa shape index (κ2) is 4.38. The quantitative estimate of drug-likeness (QED) is 0.500. The Balaban J connectivity index is 2.73. The highest BCUT2D eigenvalue weighted by atomic mass is 19.4. The molecule has 1 aromatic carbocycles. The first-order valence-electron chi connectivity index (χ1n) is 5.07. The van der Waals surface area contributed by atoms with Crippen LogP contribution in [0.25, 0.3) is 5.69 Å². The number of nitrogen functional groups attached to an aromatic ring is 1. The third kappa shape index (κ3) is 2.28. The number of para-hydroxylation sites is 1. The molecule has 0 saturated carbocycles. The summed E-state index contributed by atoms with van der Waals surface area (Å²) in [6, 6.07) is 4.90. The van der Waals surface area contributed by atoms with Crippen LogP contribution >= 0.6 is 0 Å². The molecular formula is C11H8F4N4. The fraction of sp³-hybridized carbons (Fsp3) is 0.0909. The van der Waals surface area contributed by atoms with Crippen molar-refractivity contribution in [3.05, 3.63) is 47.5 Å². The monoisotopic (exact) mass is 272 g/mol. The third-order valence-electron chi connectivity index (χ3n) is 2.41. The van der Waals surface area contributed by atoms with Crippen LogP contribution in [0.4, 0.5) is 17.6 Å². The molecule has 0 unspecified atom stereocenters. The van der Waals surface area contributed by atoms with Crippen molar-refractivity contribution in [3.63, 3.8) is 0 Å². The molecule has 0 fully saturated rings. The summed E-state index contributed by atoms with van der Waals surface area (Å²) in [5.74, 6) is -1.64. The number of nitrogens with one attached hydrogen (secondary N) is 1. The fourth-order valence-corrected chi connectivity index (χ4v) is 1.62. The number of rotatable bonds is 2. The SMILES string of the molecule is N=C(N)c1cnn(-c2ccccc2F)c1C(F)(F)F. The number of benzene rings is 1. The molecular weight excluding hydrogens is 264 g/mol. The van der Waals surface area contributed by atoms with Gasteiger partial charge in [0, 0.05) is 0 Å². The average Bonchev–Trinajstić information content (AvgIpc) is 2.73. The Morgan fingerprint density at radius 2 is 1.89 bits per heavy atom. The van der Waals surface area contributed by atoms with Crippen LogP contribution in [0.3, 0.4) is 0 Å². The van der Waals surface area contributed by atoms with Gasteiger partial charge in [0.1, 0.15) is 17.3 Å². The molecule has 2 rings (SSSR count). The minimum absolute atomic E-state index is 0.359. The first kappa shape index (κ1) is 13.1. The second-order valence-corrected chi connectivity index (χ2v) is 3.68. The number of nitrogens with two attached hydrogens (primary N) is 1. The summed E-state index contributed by atoms with van der Waals surface area (Å²) in [6.07, 6.45) is -4.02. The highest BCUT2D eigenvalue weighted by molar-refractivity contribution is 5.96. The van der Waals surface area contributed by atoms with Crippen LogP contribution in [0.1, 0.15) is 11.3 Å². The molecule has 0 radical (unpaired) electrons. The molecule has 0 aliphatic rings. The van der Waals surface area contributed by atoms with Gasteiger partial charge in [0.25, 0.3) is 0 Å². The molecule has 0 amide bonds. The molecule has 4 nitrogen and oxygen atoms in total. The summed E-state index contributed by atoms with van der Waals surface area (Å²) in [5.41, 5.74) is 2.86. The maximum atomic E-state index is 13.5. The maximum absolute atomic E-state index is 13.5. The van der Waals surface area contributed by atoms with Gasteiger partial charge in [0.2, 0.25) is 0 Å². The summed E-state index contributed by atoms with van der Waals surface area (Å²) >= 11 is 0. The van der Waals surface area contributed by atoms with E-state index in [1.807, 2.05) is 0 Å². The number of hydrogen-bond acceptors (Lipinski definition) is 2. The lowest BCUT2D eigenvalue weighted by atomic mass is 10.2. The topological polar surface area (TPSA) is 67.7 Å². The van der Waals surface area contributed by atoms with Gasteiger partial charge in [-0.3, -0.25) is 5.41 Å². The van der Waals surface area contributed by atoms with Gasteiger partial charge in [-0.25, -0.2) is 9.07 Å². The van der Waals surface area contributed by atoms with Crippen molar-refractivity contribution in [1.29, 1.82) is 5.41 Å². The van der Waals surface area contributed by atoms with Gasteiger partial charge in [-0.05, 0) is 12.1 Å². The standard InChI is InChI=1S/C11H8F4N4/c12-7-3-1-2-4-8(7)19-9(11(13,14)15)6(5-18-19)10(16)17/h1-5H,(H3,16,17). The summed E-state index contributed by atoms with van der Waals surface area (Å²) in [4.78, 5) is 0. The normalized spacial score (nSPS) is 11.6. The van der Waals surface area contributed by atoms with E-state index < -0.39 is 29.1 Å². The van der Waals surface area contributed by atoms with Gasteiger partial charge in [-0.1, -0.05) is 12.1 Å². The van der Waals surface area contributed by atoms with Crippen LogP contribution in [-0.2, 0) is 6.18 Å². The Kier molecular flexibility index (Phi) is 3.01. The van der Waals surface area contributed by atoms with Crippen molar-refractivity contribution in [2.24, 2.45) is 5.73 Å². The Morgan fingerprint density at radius 3 is 2.42 bits per heavy atom. The Morgan fingerprint density at radius 1 is 1.26 bits per heavy atom. The van der Waals surface area contributed by atoms with Gasteiger partial charge in [0.05, 0.1) is 11.8 Å². The molecule has 0 aliphatic carbocycles. The van der Waals surface area contributed by atoms with Gasteiger partial charge < -0.3 is 5.73 Å². The van der Waals surface area contributed by atoms with Crippen LogP contribution < -0.4 is 5.73 Å². The Labute approximate surface area is 105 Å². The smallest absolute Gasteiger partial charge is 0.384 e. The molecule has 3 N–H and O–H groups in total. The van der Waals surface area contributed by atoms with Crippen molar-refractivity contribution < 1.29 is 17.6 Å². The summed E-state index contributed by atoms with van der Waals surface area (Å²) in [6.45, 7) is 0. The lowest BCUT2D eigenvalue weighted by molar-refractivity contribution is -0.143. The van der Waals surface area contributed by atoms with E-state index in [1.165, 1.54) is 12.1 Å². The van der Waals surface area contributed by atoms with E-state index in [1.54, 1.807) is 0 Å². The number of hydrogen-bond donors (Lipinski definition) is 2. The molecule has 0 bridgehead atoms. The molecule has 100 valence electrons.